The molecule has 6 heteroatoms. The van der Waals surface area contributed by atoms with Gasteiger partial charge in [0.05, 0.1) is 7.11 Å². The molecular weight excluding hydrogens is 334 g/mol. The second-order valence-electron chi connectivity index (χ2n) is 5.67. The predicted molar refractivity (Wildman–Crippen MR) is 97.9 cm³/mol. The monoisotopic (exact) mass is 355 g/mol. The van der Waals surface area contributed by atoms with Crippen LogP contribution < -0.4 is 14.8 Å². The molecule has 0 saturated carbocycles. The SMILES string of the molecule is COc1ccc(C=C(NC(C)=O)C(=O)O)cc1OCc1ccccc1C. The Balaban J connectivity index is 2.28. The number of benzene rings is 2. The molecule has 0 aromatic heterocycles. The van der Waals surface area contributed by atoms with E-state index >= 15 is 0 Å². The Morgan fingerprint density at radius 1 is 1.15 bits per heavy atom. The second kappa shape index (κ2) is 8.71. The van der Waals surface area contributed by atoms with Crippen LogP contribution in [0.25, 0.3) is 6.08 Å². The van der Waals surface area contributed by atoms with Gasteiger partial charge in [-0.2, -0.15) is 0 Å². The maximum absolute atomic E-state index is 11.3. The van der Waals surface area contributed by atoms with Crippen molar-refractivity contribution in [2.45, 2.75) is 20.5 Å². The zero-order chi connectivity index (χ0) is 19.1. The Bertz CT molecular complexity index is 842. The van der Waals surface area contributed by atoms with E-state index < -0.39 is 11.9 Å². The van der Waals surface area contributed by atoms with E-state index in [2.05, 4.69) is 5.32 Å². The van der Waals surface area contributed by atoms with Gasteiger partial charge >= 0.3 is 5.97 Å². The molecule has 0 saturated heterocycles. The Kier molecular flexibility index (Phi) is 6.38. The largest absolute Gasteiger partial charge is 0.493 e. The summed E-state index contributed by atoms with van der Waals surface area (Å²) in [5, 5.41) is 11.5. The molecule has 26 heavy (non-hydrogen) atoms. The van der Waals surface area contributed by atoms with Crippen LogP contribution in [0, 0.1) is 6.92 Å². The van der Waals surface area contributed by atoms with Crippen LogP contribution in [0.15, 0.2) is 48.2 Å². The molecule has 0 atom stereocenters. The standard InChI is InChI=1S/C20H21NO5/c1-13-6-4-5-7-16(13)12-26-19-11-15(8-9-18(19)25-3)10-17(20(23)24)21-14(2)22/h4-11H,12H2,1-3H3,(H,21,22)(H,23,24). The quantitative estimate of drug-likeness (QED) is 0.745. The Morgan fingerprint density at radius 2 is 1.88 bits per heavy atom. The molecule has 0 bridgehead atoms. The van der Waals surface area contributed by atoms with Crippen molar-refractivity contribution in [3.63, 3.8) is 0 Å². The minimum Gasteiger partial charge on any atom is -0.493 e. The van der Waals surface area contributed by atoms with E-state index in [1.807, 2.05) is 31.2 Å². The molecule has 0 radical (unpaired) electrons. The molecule has 0 unspecified atom stereocenters. The Hall–Kier alpha value is -3.28. The molecule has 0 aliphatic heterocycles. The van der Waals surface area contributed by atoms with Gasteiger partial charge in [0.2, 0.25) is 5.91 Å². The van der Waals surface area contributed by atoms with E-state index in [1.54, 1.807) is 18.2 Å². The number of amides is 1. The minimum atomic E-state index is -1.22. The van der Waals surface area contributed by atoms with E-state index in [9.17, 15) is 14.7 Å². The number of methoxy groups -OCH3 is 1. The molecule has 0 fully saturated rings. The third kappa shape index (κ3) is 5.11. The highest BCUT2D eigenvalue weighted by atomic mass is 16.5. The summed E-state index contributed by atoms with van der Waals surface area (Å²) in [6.45, 7) is 3.61. The molecule has 0 aliphatic carbocycles. The summed E-state index contributed by atoms with van der Waals surface area (Å²) in [5.41, 5.74) is 2.51. The lowest BCUT2D eigenvalue weighted by Crippen LogP contribution is -2.24. The smallest absolute Gasteiger partial charge is 0.352 e. The second-order valence-corrected chi connectivity index (χ2v) is 5.67. The highest BCUT2D eigenvalue weighted by Crippen LogP contribution is 2.30. The number of carbonyl (C=O) groups excluding carboxylic acids is 1. The average molecular weight is 355 g/mol. The van der Waals surface area contributed by atoms with Crippen LogP contribution in [0.2, 0.25) is 0 Å². The number of aryl methyl sites for hydroxylation is 1. The number of rotatable bonds is 7. The number of carboxylic acids is 1. The lowest BCUT2D eigenvalue weighted by Gasteiger charge is -2.13. The van der Waals surface area contributed by atoms with Gasteiger partial charge in [0.15, 0.2) is 11.5 Å². The van der Waals surface area contributed by atoms with Crippen LogP contribution in [0.5, 0.6) is 11.5 Å². The third-order valence-corrected chi connectivity index (χ3v) is 3.68. The van der Waals surface area contributed by atoms with Crippen molar-refractivity contribution in [2.24, 2.45) is 0 Å². The molecule has 0 heterocycles. The first-order chi connectivity index (χ1) is 12.4. The van der Waals surface area contributed by atoms with Crippen molar-refractivity contribution in [3.05, 3.63) is 64.9 Å². The first-order valence-electron chi connectivity index (χ1n) is 7.98. The summed E-state index contributed by atoms with van der Waals surface area (Å²) >= 11 is 0. The lowest BCUT2D eigenvalue weighted by atomic mass is 10.1. The van der Waals surface area contributed by atoms with Crippen molar-refractivity contribution in [3.8, 4) is 11.5 Å². The number of nitrogens with one attached hydrogen (secondary N) is 1. The molecular formula is C20H21NO5. The first kappa shape index (κ1) is 19.1. The van der Waals surface area contributed by atoms with Gasteiger partial charge in [0.25, 0.3) is 0 Å². The summed E-state index contributed by atoms with van der Waals surface area (Å²) in [4.78, 5) is 22.4. The maximum Gasteiger partial charge on any atom is 0.352 e. The van der Waals surface area contributed by atoms with Gasteiger partial charge in [-0.05, 0) is 41.8 Å². The van der Waals surface area contributed by atoms with Crippen LogP contribution in [-0.4, -0.2) is 24.1 Å². The summed E-state index contributed by atoms with van der Waals surface area (Å²) in [6, 6.07) is 12.9. The number of ether oxygens (including phenoxy) is 2. The lowest BCUT2D eigenvalue weighted by molar-refractivity contribution is -0.134. The van der Waals surface area contributed by atoms with E-state index in [0.29, 0.717) is 23.7 Å². The fourth-order valence-electron chi connectivity index (χ4n) is 2.33. The molecule has 6 nitrogen and oxygen atoms in total. The number of carboxylic acid groups (broad SMARTS) is 1. The number of carbonyl (C=O) groups is 2. The molecule has 2 N–H and O–H groups in total. The Labute approximate surface area is 152 Å². The summed E-state index contributed by atoms with van der Waals surface area (Å²) in [5.74, 6) is -0.661. The van der Waals surface area contributed by atoms with Crippen LogP contribution in [0.3, 0.4) is 0 Å². The maximum atomic E-state index is 11.3. The van der Waals surface area contributed by atoms with Gasteiger partial charge in [-0.3, -0.25) is 4.79 Å². The zero-order valence-corrected chi connectivity index (χ0v) is 14.9. The van der Waals surface area contributed by atoms with Gasteiger partial charge < -0.3 is 19.9 Å². The van der Waals surface area contributed by atoms with Crippen molar-refractivity contribution in [1.82, 2.24) is 5.32 Å². The number of hydrogen-bond acceptors (Lipinski definition) is 4. The number of hydrogen-bond donors (Lipinski definition) is 2. The molecule has 1 amide bonds. The molecule has 2 aromatic rings. The molecule has 136 valence electrons. The van der Waals surface area contributed by atoms with Gasteiger partial charge in [-0.25, -0.2) is 4.79 Å². The molecule has 2 aromatic carbocycles. The average Bonchev–Trinajstić information content (AvgIpc) is 2.60. The van der Waals surface area contributed by atoms with Crippen molar-refractivity contribution >= 4 is 18.0 Å². The topological polar surface area (TPSA) is 84.9 Å². The van der Waals surface area contributed by atoms with E-state index in [-0.39, 0.29) is 5.70 Å². The normalized spacial score (nSPS) is 11.0. The van der Waals surface area contributed by atoms with Crippen LogP contribution >= 0.6 is 0 Å². The van der Waals surface area contributed by atoms with E-state index in [1.165, 1.54) is 20.1 Å². The minimum absolute atomic E-state index is 0.215. The summed E-state index contributed by atoms with van der Waals surface area (Å²) in [7, 11) is 1.53. The third-order valence-electron chi connectivity index (χ3n) is 3.68. The van der Waals surface area contributed by atoms with Crippen molar-refractivity contribution in [1.29, 1.82) is 0 Å². The van der Waals surface area contributed by atoms with Crippen LogP contribution in [-0.2, 0) is 16.2 Å². The Morgan fingerprint density at radius 3 is 2.50 bits per heavy atom. The van der Waals surface area contributed by atoms with Gasteiger partial charge in [0, 0.05) is 6.92 Å². The summed E-state index contributed by atoms with van der Waals surface area (Å²) in [6.07, 6.45) is 1.36. The first-order valence-corrected chi connectivity index (χ1v) is 7.98. The highest BCUT2D eigenvalue weighted by molar-refractivity contribution is 5.96. The predicted octanol–water partition coefficient (Wildman–Crippen LogP) is 3.14. The summed E-state index contributed by atoms with van der Waals surface area (Å²) < 4.78 is 11.2. The molecule has 2 rings (SSSR count). The van der Waals surface area contributed by atoms with Gasteiger partial charge in [-0.15, -0.1) is 0 Å². The zero-order valence-electron chi connectivity index (χ0n) is 14.9. The van der Waals surface area contributed by atoms with E-state index in [4.69, 9.17) is 9.47 Å². The van der Waals surface area contributed by atoms with Crippen LogP contribution in [0.4, 0.5) is 0 Å². The molecule has 0 spiro atoms. The van der Waals surface area contributed by atoms with E-state index in [0.717, 1.165) is 11.1 Å². The fourth-order valence-corrected chi connectivity index (χ4v) is 2.33. The number of aliphatic carboxylic acids is 1. The molecule has 0 aliphatic rings. The van der Waals surface area contributed by atoms with Gasteiger partial charge in [0.1, 0.15) is 12.3 Å². The fraction of sp³-hybridized carbons (Fsp3) is 0.200. The highest BCUT2D eigenvalue weighted by Gasteiger charge is 2.11. The van der Waals surface area contributed by atoms with Crippen LogP contribution in [0.1, 0.15) is 23.6 Å². The van der Waals surface area contributed by atoms with Crippen molar-refractivity contribution in [2.75, 3.05) is 7.11 Å². The van der Waals surface area contributed by atoms with Gasteiger partial charge in [-0.1, -0.05) is 30.3 Å². The van der Waals surface area contributed by atoms with Crippen molar-refractivity contribution < 1.29 is 24.2 Å².